The molecule has 0 aliphatic carbocycles. The van der Waals surface area contributed by atoms with Gasteiger partial charge in [-0.3, -0.25) is 14.6 Å². The molecule has 5 heteroatoms. The molecule has 1 aliphatic rings. The second kappa shape index (κ2) is 9.13. The molecule has 1 aromatic heterocycles. The van der Waals surface area contributed by atoms with Gasteiger partial charge in [-0.05, 0) is 48.1 Å². The van der Waals surface area contributed by atoms with Crippen LogP contribution < -0.4 is 5.32 Å². The van der Waals surface area contributed by atoms with Gasteiger partial charge in [0.1, 0.15) is 0 Å². The van der Waals surface area contributed by atoms with E-state index in [2.05, 4.69) is 46.7 Å². The van der Waals surface area contributed by atoms with Gasteiger partial charge in [0.15, 0.2) is 0 Å². The number of hydrogen-bond acceptors (Lipinski definition) is 3. The smallest absolute Gasteiger partial charge is 0.255 e. The molecule has 2 amide bonds. The van der Waals surface area contributed by atoms with Crippen LogP contribution in [0.5, 0.6) is 0 Å². The maximum absolute atomic E-state index is 13.0. The van der Waals surface area contributed by atoms with Gasteiger partial charge in [0.2, 0.25) is 5.91 Å². The Kier molecular flexibility index (Phi) is 6.12. The fraction of sp³-hybridized carbons (Fsp3) is 0.269. The first-order chi connectivity index (χ1) is 15.1. The van der Waals surface area contributed by atoms with Crippen LogP contribution >= 0.6 is 0 Å². The van der Waals surface area contributed by atoms with Gasteiger partial charge in [-0.15, -0.1) is 0 Å². The van der Waals surface area contributed by atoms with Crippen LogP contribution in [0.2, 0.25) is 0 Å². The highest BCUT2D eigenvalue weighted by Gasteiger charge is 2.43. The van der Waals surface area contributed by atoms with Crippen LogP contribution in [-0.2, 0) is 11.2 Å². The van der Waals surface area contributed by atoms with Gasteiger partial charge >= 0.3 is 0 Å². The maximum atomic E-state index is 13.0. The summed E-state index contributed by atoms with van der Waals surface area (Å²) in [6.07, 6.45) is 5.38. The highest BCUT2D eigenvalue weighted by molar-refractivity contribution is 5.94. The Labute approximate surface area is 183 Å². The molecule has 0 unspecified atom stereocenters. The lowest BCUT2D eigenvalue weighted by molar-refractivity contribution is -0.133. The number of hydrogen-bond donors (Lipinski definition) is 1. The Morgan fingerprint density at radius 3 is 2.42 bits per heavy atom. The number of carbonyl (C=O) groups excluding carboxylic acids is 2. The van der Waals surface area contributed by atoms with Gasteiger partial charge in [-0.25, -0.2) is 0 Å². The van der Waals surface area contributed by atoms with E-state index in [-0.39, 0.29) is 11.8 Å². The molecule has 5 nitrogen and oxygen atoms in total. The number of amides is 2. The van der Waals surface area contributed by atoms with Crippen molar-refractivity contribution >= 4 is 11.8 Å². The lowest BCUT2D eigenvalue weighted by Crippen LogP contribution is -2.54. The second-order valence-corrected chi connectivity index (χ2v) is 8.17. The molecule has 1 fully saturated rings. The number of carbonyl (C=O) groups is 2. The SMILES string of the molecule is CNC(=O)[C@@]1(Cc2ccc(-c3ccccc3)cc2)CCCN(C(=O)c2cccnc2)C1. The molecule has 31 heavy (non-hydrogen) atoms. The van der Waals surface area contributed by atoms with Crippen molar-refractivity contribution in [1.29, 1.82) is 0 Å². The van der Waals surface area contributed by atoms with Crippen LogP contribution in [0.25, 0.3) is 11.1 Å². The van der Waals surface area contributed by atoms with Crippen LogP contribution in [-0.4, -0.2) is 41.8 Å². The van der Waals surface area contributed by atoms with E-state index in [1.807, 2.05) is 18.2 Å². The number of pyridine rings is 1. The van der Waals surface area contributed by atoms with Crippen LogP contribution in [0.15, 0.2) is 79.1 Å². The normalized spacial score (nSPS) is 18.4. The summed E-state index contributed by atoms with van der Waals surface area (Å²) in [6.45, 7) is 1.06. The number of rotatable bonds is 5. The van der Waals surface area contributed by atoms with E-state index in [0.29, 0.717) is 25.1 Å². The standard InChI is InChI=1S/C26H27N3O2/c1-27-25(31)26(14-6-16-29(19-26)24(30)23-9-5-15-28-18-23)17-20-10-12-22(13-11-20)21-7-3-2-4-8-21/h2-5,7-13,15,18H,6,14,16-17,19H2,1H3,(H,27,31)/t26-/m1/s1. The van der Waals surface area contributed by atoms with Crippen LogP contribution in [0.3, 0.4) is 0 Å². The molecule has 2 aromatic carbocycles. The van der Waals surface area contributed by atoms with Crippen molar-refractivity contribution in [3.63, 3.8) is 0 Å². The van der Waals surface area contributed by atoms with Crippen LogP contribution in [0.1, 0.15) is 28.8 Å². The molecule has 1 saturated heterocycles. The van der Waals surface area contributed by atoms with Crippen LogP contribution in [0, 0.1) is 5.41 Å². The topological polar surface area (TPSA) is 62.3 Å². The summed E-state index contributed by atoms with van der Waals surface area (Å²) in [5, 5.41) is 2.84. The molecule has 1 N–H and O–H groups in total. The molecule has 0 spiro atoms. The van der Waals surface area contributed by atoms with Crippen molar-refractivity contribution < 1.29 is 9.59 Å². The highest BCUT2D eigenvalue weighted by Crippen LogP contribution is 2.35. The molecule has 4 rings (SSSR count). The summed E-state index contributed by atoms with van der Waals surface area (Å²) in [5.74, 6) is -0.0798. The number of aromatic nitrogens is 1. The fourth-order valence-corrected chi connectivity index (χ4v) is 4.49. The Morgan fingerprint density at radius 2 is 1.74 bits per heavy atom. The second-order valence-electron chi connectivity index (χ2n) is 8.17. The predicted octanol–water partition coefficient (Wildman–Crippen LogP) is 3.96. The quantitative estimate of drug-likeness (QED) is 0.689. The van der Waals surface area contributed by atoms with Gasteiger partial charge in [-0.1, -0.05) is 54.6 Å². The van der Waals surface area contributed by atoms with Gasteiger partial charge in [0.05, 0.1) is 11.0 Å². The third kappa shape index (κ3) is 4.50. The largest absolute Gasteiger partial charge is 0.359 e. The van der Waals surface area contributed by atoms with Crippen molar-refractivity contribution in [3.8, 4) is 11.1 Å². The van der Waals surface area contributed by atoms with Crippen molar-refractivity contribution in [2.24, 2.45) is 5.41 Å². The van der Waals surface area contributed by atoms with Crippen molar-refractivity contribution in [2.75, 3.05) is 20.1 Å². The van der Waals surface area contributed by atoms with Gasteiger partial charge in [-0.2, -0.15) is 0 Å². The molecular formula is C26H27N3O2. The molecule has 3 aromatic rings. The molecule has 1 aliphatic heterocycles. The molecule has 1 atom stereocenters. The summed E-state index contributed by atoms with van der Waals surface area (Å²) < 4.78 is 0. The van der Waals surface area contributed by atoms with Crippen molar-refractivity contribution in [2.45, 2.75) is 19.3 Å². The van der Waals surface area contributed by atoms with Gasteiger partial charge in [0, 0.05) is 32.5 Å². The van der Waals surface area contributed by atoms with E-state index in [0.717, 1.165) is 24.0 Å². The molecule has 0 bridgehead atoms. The number of piperidine rings is 1. The Balaban J connectivity index is 1.56. The summed E-state index contributed by atoms with van der Waals surface area (Å²) in [5.41, 5.74) is 3.33. The first kappa shape index (κ1) is 20.8. The van der Waals surface area contributed by atoms with E-state index >= 15 is 0 Å². The monoisotopic (exact) mass is 413 g/mol. The Morgan fingerprint density at radius 1 is 1.00 bits per heavy atom. The zero-order valence-corrected chi connectivity index (χ0v) is 17.8. The molecule has 2 heterocycles. The van der Waals surface area contributed by atoms with E-state index in [1.54, 1.807) is 36.5 Å². The molecule has 0 radical (unpaired) electrons. The average molecular weight is 414 g/mol. The van der Waals surface area contributed by atoms with E-state index in [9.17, 15) is 9.59 Å². The number of likely N-dealkylation sites (tertiary alicyclic amines) is 1. The predicted molar refractivity (Wildman–Crippen MR) is 121 cm³/mol. The zero-order valence-electron chi connectivity index (χ0n) is 17.8. The molecule has 0 saturated carbocycles. The first-order valence-corrected chi connectivity index (χ1v) is 10.7. The number of benzene rings is 2. The van der Waals surface area contributed by atoms with Crippen molar-refractivity contribution in [1.82, 2.24) is 15.2 Å². The lowest BCUT2D eigenvalue weighted by atomic mass is 9.74. The highest BCUT2D eigenvalue weighted by atomic mass is 16.2. The fourth-order valence-electron chi connectivity index (χ4n) is 4.49. The van der Waals surface area contributed by atoms with E-state index < -0.39 is 5.41 Å². The summed E-state index contributed by atoms with van der Waals surface area (Å²) in [6, 6.07) is 22.2. The molecular weight excluding hydrogens is 386 g/mol. The maximum Gasteiger partial charge on any atom is 0.255 e. The average Bonchev–Trinajstić information content (AvgIpc) is 2.84. The number of nitrogens with zero attached hydrogens (tertiary/aromatic N) is 2. The zero-order chi connectivity index (χ0) is 21.7. The third-order valence-corrected chi connectivity index (χ3v) is 6.08. The van der Waals surface area contributed by atoms with Crippen LogP contribution in [0.4, 0.5) is 0 Å². The molecule has 158 valence electrons. The minimum atomic E-state index is -0.640. The third-order valence-electron chi connectivity index (χ3n) is 6.08. The van der Waals surface area contributed by atoms with E-state index in [1.165, 1.54) is 5.56 Å². The summed E-state index contributed by atoms with van der Waals surface area (Å²) in [4.78, 5) is 31.9. The minimum Gasteiger partial charge on any atom is -0.359 e. The van der Waals surface area contributed by atoms with Gasteiger partial charge < -0.3 is 10.2 Å². The first-order valence-electron chi connectivity index (χ1n) is 10.7. The van der Waals surface area contributed by atoms with Crippen molar-refractivity contribution in [3.05, 3.63) is 90.3 Å². The van der Waals surface area contributed by atoms with Gasteiger partial charge in [0.25, 0.3) is 5.91 Å². The lowest BCUT2D eigenvalue weighted by Gasteiger charge is -2.41. The number of nitrogens with one attached hydrogen (secondary N) is 1. The minimum absolute atomic E-state index is 0.0108. The summed E-state index contributed by atoms with van der Waals surface area (Å²) in [7, 11) is 1.67. The Bertz CT molecular complexity index is 1040. The summed E-state index contributed by atoms with van der Waals surface area (Å²) >= 11 is 0. The Hall–Kier alpha value is -3.47. The van der Waals surface area contributed by atoms with E-state index in [4.69, 9.17) is 0 Å².